The van der Waals surface area contributed by atoms with Crippen molar-refractivity contribution >= 4 is 35.0 Å². The van der Waals surface area contributed by atoms with Crippen molar-refractivity contribution < 1.29 is 9.53 Å². The van der Waals surface area contributed by atoms with E-state index in [1.165, 1.54) is 0 Å². The number of amides is 1. The van der Waals surface area contributed by atoms with Crippen molar-refractivity contribution in [2.45, 2.75) is 6.54 Å². The molecule has 0 saturated carbocycles. The van der Waals surface area contributed by atoms with Crippen molar-refractivity contribution in [3.8, 4) is 5.75 Å². The van der Waals surface area contributed by atoms with Crippen LogP contribution in [0.2, 0.25) is 5.02 Å². The first kappa shape index (κ1) is 17.1. The van der Waals surface area contributed by atoms with Crippen molar-refractivity contribution in [3.63, 3.8) is 0 Å². The average Bonchev–Trinajstić information content (AvgIpc) is 2.68. The number of fused-ring (bicyclic) bond motifs is 1. The second-order valence-electron chi connectivity index (χ2n) is 6.14. The van der Waals surface area contributed by atoms with Crippen molar-refractivity contribution in [1.29, 1.82) is 0 Å². The fraction of sp³-hybridized carbons (Fsp3) is 0.0476. The zero-order valence-electron chi connectivity index (χ0n) is 14.3. The fourth-order valence-electron chi connectivity index (χ4n) is 2.87. The molecule has 1 amide bonds. The van der Waals surface area contributed by atoms with Crippen LogP contribution >= 0.6 is 11.6 Å². The van der Waals surface area contributed by atoms with Crippen LogP contribution in [0.25, 0.3) is 6.08 Å². The number of aromatic nitrogens is 1. The Labute approximate surface area is 161 Å². The van der Waals surface area contributed by atoms with Gasteiger partial charge in [-0.3, -0.25) is 14.7 Å². The first-order valence-corrected chi connectivity index (χ1v) is 8.73. The van der Waals surface area contributed by atoms with Gasteiger partial charge in [0.1, 0.15) is 0 Å². The molecule has 5 nitrogen and oxygen atoms in total. The summed E-state index contributed by atoms with van der Waals surface area (Å²) in [5.41, 5.74) is 8.91. The van der Waals surface area contributed by atoms with E-state index in [-0.39, 0.29) is 11.7 Å². The summed E-state index contributed by atoms with van der Waals surface area (Å²) in [5.74, 6) is 0.588. The Kier molecular flexibility index (Phi) is 4.52. The maximum absolute atomic E-state index is 13.1. The molecule has 2 heterocycles. The van der Waals surface area contributed by atoms with E-state index < -0.39 is 0 Å². The van der Waals surface area contributed by atoms with Gasteiger partial charge in [-0.05, 0) is 59.7 Å². The topological polar surface area (TPSA) is 68.5 Å². The number of nitrogens with two attached hydrogens (primary N) is 1. The summed E-state index contributed by atoms with van der Waals surface area (Å²) in [4.78, 5) is 18.8. The van der Waals surface area contributed by atoms with Crippen LogP contribution in [0.4, 0.5) is 11.4 Å². The maximum atomic E-state index is 13.1. The second kappa shape index (κ2) is 7.13. The molecule has 4 rings (SSSR count). The van der Waals surface area contributed by atoms with Gasteiger partial charge in [-0.1, -0.05) is 23.7 Å². The first-order valence-electron chi connectivity index (χ1n) is 8.35. The molecule has 0 radical (unpaired) electrons. The van der Waals surface area contributed by atoms with Gasteiger partial charge < -0.3 is 10.5 Å². The number of hydrogen-bond acceptors (Lipinski definition) is 4. The highest BCUT2D eigenvalue weighted by molar-refractivity contribution is 6.30. The van der Waals surface area contributed by atoms with Gasteiger partial charge in [-0.15, -0.1) is 0 Å². The maximum Gasteiger partial charge on any atom is 0.294 e. The Morgan fingerprint density at radius 1 is 1.07 bits per heavy atom. The van der Waals surface area contributed by atoms with Gasteiger partial charge in [-0.2, -0.15) is 0 Å². The first-order chi connectivity index (χ1) is 13.1. The minimum Gasteiger partial charge on any atom is -0.449 e. The molecule has 0 atom stereocenters. The lowest BCUT2D eigenvalue weighted by Crippen LogP contribution is -2.36. The van der Waals surface area contributed by atoms with Crippen molar-refractivity contribution in [1.82, 2.24) is 4.98 Å². The Hall–Kier alpha value is -3.31. The van der Waals surface area contributed by atoms with Crippen LogP contribution in [-0.4, -0.2) is 10.9 Å². The summed E-state index contributed by atoms with van der Waals surface area (Å²) >= 11 is 5.97. The summed E-state index contributed by atoms with van der Waals surface area (Å²) in [6.07, 6.45) is 5.04. The number of carbonyl (C=O) groups excluding carboxylic acids is 1. The number of ether oxygens (including phenoxy) is 1. The molecule has 0 unspecified atom stereocenters. The van der Waals surface area contributed by atoms with Crippen molar-refractivity contribution in [2.75, 3.05) is 10.6 Å². The van der Waals surface area contributed by atoms with E-state index in [1.807, 2.05) is 24.3 Å². The minimum atomic E-state index is -0.236. The van der Waals surface area contributed by atoms with Gasteiger partial charge in [0.05, 0.1) is 12.2 Å². The Morgan fingerprint density at radius 2 is 1.81 bits per heavy atom. The standard InChI is InChI=1S/C21H16ClN3O2/c22-16-3-1-15(2-4-16)13-25-18-12-17(23)5-6-19(18)27-20(21(25)26)11-14-7-9-24-10-8-14/h1-12H,13,23H2/b20-11+. The molecule has 2 N–H and O–H groups in total. The lowest BCUT2D eigenvalue weighted by Gasteiger charge is -2.31. The minimum absolute atomic E-state index is 0.236. The predicted octanol–water partition coefficient (Wildman–Crippen LogP) is 4.28. The number of pyridine rings is 1. The summed E-state index contributed by atoms with van der Waals surface area (Å²) in [5, 5.41) is 0.648. The number of rotatable bonds is 3. The Bertz CT molecular complexity index is 1020. The lowest BCUT2D eigenvalue weighted by atomic mass is 10.1. The third-order valence-electron chi connectivity index (χ3n) is 4.21. The molecule has 0 fully saturated rings. The van der Waals surface area contributed by atoms with Crippen LogP contribution in [-0.2, 0) is 11.3 Å². The van der Waals surface area contributed by atoms with E-state index in [0.29, 0.717) is 28.7 Å². The molecule has 3 aromatic rings. The smallest absolute Gasteiger partial charge is 0.294 e. The van der Waals surface area contributed by atoms with Gasteiger partial charge in [0.15, 0.2) is 11.5 Å². The highest BCUT2D eigenvalue weighted by Gasteiger charge is 2.30. The van der Waals surface area contributed by atoms with E-state index >= 15 is 0 Å². The number of anilines is 2. The highest BCUT2D eigenvalue weighted by Crippen LogP contribution is 2.38. The molecular formula is C21H16ClN3O2. The van der Waals surface area contributed by atoms with Crippen LogP contribution in [0.15, 0.2) is 72.8 Å². The summed E-state index contributed by atoms with van der Waals surface area (Å²) in [7, 11) is 0. The third-order valence-corrected chi connectivity index (χ3v) is 4.46. The Balaban J connectivity index is 1.75. The molecule has 2 aromatic carbocycles. The number of carbonyl (C=O) groups is 1. The largest absolute Gasteiger partial charge is 0.449 e. The van der Waals surface area contributed by atoms with Gasteiger partial charge in [0.2, 0.25) is 0 Å². The third kappa shape index (κ3) is 3.64. The zero-order valence-corrected chi connectivity index (χ0v) is 15.1. The highest BCUT2D eigenvalue weighted by atomic mass is 35.5. The van der Waals surface area contributed by atoms with Crippen LogP contribution in [0.1, 0.15) is 11.1 Å². The van der Waals surface area contributed by atoms with Crippen LogP contribution in [0, 0.1) is 0 Å². The van der Waals surface area contributed by atoms with Crippen molar-refractivity contribution in [3.05, 3.63) is 88.9 Å². The average molecular weight is 378 g/mol. The summed E-state index contributed by atoms with van der Waals surface area (Å²) in [6.45, 7) is 0.378. The number of hydrogen-bond donors (Lipinski definition) is 1. The molecule has 0 saturated heterocycles. The lowest BCUT2D eigenvalue weighted by molar-refractivity contribution is -0.117. The monoisotopic (exact) mass is 377 g/mol. The van der Waals surface area contributed by atoms with Gasteiger partial charge in [0.25, 0.3) is 5.91 Å². The van der Waals surface area contributed by atoms with Gasteiger partial charge in [0, 0.05) is 23.1 Å². The van der Waals surface area contributed by atoms with E-state index in [0.717, 1.165) is 11.1 Å². The molecule has 27 heavy (non-hydrogen) atoms. The van der Waals surface area contributed by atoms with E-state index in [9.17, 15) is 4.79 Å². The van der Waals surface area contributed by atoms with Crippen LogP contribution in [0.3, 0.4) is 0 Å². The molecule has 6 heteroatoms. The van der Waals surface area contributed by atoms with E-state index in [1.54, 1.807) is 53.7 Å². The molecule has 134 valence electrons. The summed E-state index contributed by atoms with van der Waals surface area (Å²) in [6, 6.07) is 16.3. The molecule has 1 aliphatic rings. The quantitative estimate of drug-likeness (QED) is 0.546. The SMILES string of the molecule is Nc1ccc2c(c1)N(Cc1ccc(Cl)cc1)C(=O)/C(=C\c1ccncc1)O2. The van der Waals surface area contributed by atoms with Crippen LogP contribution in [0.5, 0.6) is 5.75 Å². The molecule has 0 aliphatic carbocycles. The molecule has 0 bridgehead atoms. The predicted molar refractivity (Wildman–Crippen MR) is 106 cm³/mol. The number of nitrogens with zero attached hydrogens (tertiary/aromatic N) is 2. The van der Waals surface area contributed by atoms with E-state index in [4.69, 9.17) is 22.1 Å². The molecule has 0 spiro atoms. The van der Waals surface area contributed by atoms with E-state index in [2.05, 4.69) is 4.98 Å². The van der Waals surface area contributed by atoms with Gasteiger partial charge >= 0.3 is 0 Å². The normalized spacial score (nSPS) is 14.8. The van der Waals surface area contributed by atoms with Crippen LogP contribution < -0.4 is 15.4 Å². The van der Waals surface area contributed by atoms with Gasteiger partial charge in [-0.25, -0.2) is 0 Å². The number of halogens is 1. The molecule has 1 aromatic heterocycles. The fourth-order valence-corrected chi connectivity index (χ4v) is 2.99. The summed E-state index contributed by atoms with van der Waals surface area (Å²) < 4.78 is 5.86. The van der Waals surface area contributed by atoms with Crippen molar-refractivity contribution in [2.24, 2.45) is 0 Å². The number of benzene rings is 2. The zero-order chi connectivity index (χ0) is 18.8. The molecular weight excluding hydrogens is 362 g/mol. The second-order valence-corrected chi connectivity index (χ2v) is 6.57. The molecule has 1 aliphatic heterocycles. The number of nitrogen functional groups attached to an aromatic ring is 1. The Morgan fingerprint density at radius 3 is 2.56 bits per heavy atom.